The summed E-state index contributed by atoms with van der Waals surface area (Å²) < 4.78 is 0. The van der Waals surface area contributed by atoms with Gasteiger partial charge in [-0.3, -0.25) is 43.2 Å². The van der Waals surface area contributed by atoms with Crippen LogP contribution in [0.5, 0.6) is 0 Å². The largest absolute Gasteiger partial charge is 0.343 e. The van der Waals surface area contributed by atoms with Gasteiger partial charge in [-0.25, -0.2) is 0 Å². The van der Waals surface area contributed by atoms with Crippen molar-refractivity contribution >= 4 is 63.9 Å². The molecule has 9 atom stereocenters. The SMILES string of the molecule is CN[C@@H](C)C(=O)N[C@@H](CCc1ccccc1)C(=O)N1CCC[C@H]1CN(CCc1ccccc1)C(=O)C(C)C.CN[C@@H](C)C(=O)N[C@@H](CCc1ccccc1)C(=O)N1CCC[C@H]1CN(CCc1ccccc1)C(=O)Cc1ccccc1.CN[C@@H](C)C(=O)N[C@@H](CCc1ccccc1)C(=O)N1CCC[C@H]1CN(CCc1ccccc1)C(=O)c1cccc2ccccc12. The van der Waals surface area contributed by atoms with E-state index in [9.17, 15) is 43.2 Å². The molecular formula is C104H132N12O9. The van der Waals surface area contributed by atoms with Gasteiger partial charge in [-0.05, 0) is 194 Å². The first kappa shape index (κ1) is 95.6. The summed E-state index contributed by atoms with van der Waals surface area (Å²) >= 11 is 0. The Labute approximate surface area is 741 Å². The number of nitrogens with one attached hydrogen (secondary N) is 6. The molecule has 0 aliphatic carbocycles. The molecule has 9 aromatic rings. The van der Waals surface area contributed by atoms with Crippen LogP contribution in [0, 0.1) is 5.92 Å². The number of benzene rings is 9. The maximum absolute atomic E-state index is 14.2. The van der Waals surface area contributed by atoms with Crippen molar-refractivity contribution in [3.05, 3.63) is 299 Å². The highest BCUT2D eigenvalue weighted by Crippen LogP contribution is 2.28. The highest BCUT2D eigenvalue weighted by Gasteiger charge is 2.40. The highest BCUT2D eigenvalue weighted by atomic mass is 16.2. The summed E-state index contributed by atoms with van der Waals surface area (Å²) in [4.78, 5) is 133. The number of hydrogen-bond donors (Lipinski definition) is 6. The standard InChI is InChI=1S/C38H44N4O3.C35H44N4O3.C31H44N4O3/c1-28(39-2)36(43)40-35(23-22-29-13-5-3-6-14-29)38(45)42-25-12-19-32(42)27-41(26-24-30-15-7-4-8-16-30)37(44)34-21-11-18-31-17-9-10-20-33(31)34;1-27(36-2)34(41)37-32(21-20-28-13-6-3-7-14-28)35(42)39-23-12-19-31(39)26-38(24-22-29-15-8-4-9-16-29)33(40)25-30-17-10-5-11-18-30;1-23(2)30(37)34(21-19-26-14-9-6-10-15-26)22-27-16-11-20-35(27)31(38)28(33-29(36)24(3)32-4)18-17-25-12-7-5-8-13-25/h3-11,13-18,20-21,28,32,35,39H,12,19,22-27H2,1-2H3,(H,40,43);3-11,13-18,27,31-32,36H,12,19-26H2,1-2H3,(H,37,41);5-10,12-15,23-24,27-28,32H,11,16-22H2,1-4H3,(H,33,36)/t28-,32-,35-;27-,31-,32-;24-,27-,28-/m000/s1. The third-order valence-electron chi connectivity index (χ3n) is 24.5. The van der Waals surface area contributed by atoms with Gasteiger partial charge in [-0.2, -0.15) is 0 Å². The quantitative estimate of drug-likeness (QED) is 0.0210. The lowest BCUT2D eigenvalue weighted by atomic mass is 10.0. The van der Waals surface area contributed by atoms with Crippen molar-refractivity contribution in [2.75, 3.05) is 80.0 Å². The van der Waals surface area contributed by atoms with Crippen LogP contribution >= 0.6 is 0 Å². The molecule has 0 radical (unpaired) electrons. The number of carbonyl (C=O) groups excluding carboxylic acids is 9. The first-order valence-electron chi connectivity index (χ1n) is 45.1. The number of amides is 9. The number of nitrogens with zero attached hydrogens (tertiary/aromatic N) is 6. The Morgan fingerprint density at radius 3 is 0.968 bits per heavy atom. The summed E-state index contributed by atoms with van der Waals surface area (Å²) in [6.45, 7) is 14.3. The Kier molecular flexibility index (Phi) is 38.5. The van der Waals surface area contributed by atoms with Crippen LogP contribution in [-0.2, 0) is 83.3 Å². The van der Waals surface area contributed by atoms with E-state index < -0.39 is 36.3 Å². The van der Waals surface area contributed by atoms with Crippen LogP contribution < -0.4 is 31.9 Å². The van der Waals surface area contributed by atoms with Gasteiger partial charge in [-0.15, -0.1) is 0 Å². The number of hydrogen-bond acceptors (Lipinski definition) is 12. The number of fused-ring (bicyclic) bond motifs is 1. The van der Waals surface area contributed by atoms with Crippen molar-refractivity contribution in [2.45, 2.75) is 192 Å². The Bertz CT molecular complexity index is 4820. The second kappa shape index (κ2) is 50.3. The number of rotatable bonds is 40. The first-order chi connectivity index (χ1) is 60.7. The normalized spacial score (nSPS) is 16.2. The lowest BCUT2D eigenvalue weighted by Crippen LogP contribution is -2.55. The molecule has 0 aromatic heterocycles. The Morgan fingerprint density at radius 2 is 0.624 bits per heavy atom. The molecule has 3 saturated heterocycles. The lowest BCUT2D eigenvalue weighted by molar-refractivity contribution is -0.140. The predicted molar refractivity (Wildman–Crippen MR) is 498 cm³/mol. The molecule has 3 fully saturated rings. The van der Waals surface area contributed by atoms with Crippen LogP contribution in [-0.4, -0.2) is 217 Å². The number of aryl methyl sites for hydroxylation is 3. The Balaban J connectivity index is 0.000000197. The second-order valence-corrected chi connectivity index (χ2v) is 33.7. The van der Waals surface area contributed by atoms with E-state index in [0.717, 1.165) is 96.4 Å². The molecule has 125 heavy (non-hydrogen) atoms. The lowest BCUT2D eigenvalue weighted by Gasteiger charge is -2.34. The molecule has 3 heterocycles. The zero-order valence-corrected chi connectivity index (χ0v) is 74.6. The molecule has 21 nitrogen and oxygen atoms in total. The van der Waals surface area contributed by atoms with Crippen molar-refractivity contribution in [1.82, 2.24) is 61.3 Å². The predicted octanol–water partition coefficient (Wildman–Crippen LogP) is 12.7. The molecular weight excluding hydrogens is 1560 g/mol. The molecule has 662 valence electrons. The van der Waals surface area contributed by atoms with Crippen LogP contribution in [0.1, 0.15) is 142 Å². The number of likely N-dealkylation sites (N-methyl/N-ethyl adjacent to an activating group) is 3. The van der Waals surface area contributed by atoms with Crippen molar-refractivity contribution in [3.8, 4) is 0 Å². The number of carbonyl (C=O) groups is 9. The zero-order valence-electron chi connectivity index (χ0n) is 74.6. The third-order valence-corrected chi connectivity index (χ3v) is 24.5. The third kappa shape index (κ3) is 29.5. The van der Waals surface area contributed by atoms with Gasteiger partial charge in [0.15, 0.2) is 0 Å². The van der Waals surface area contributed by atoms with Gasteiger partial charge in [0.25, 0.3) is 5.91 Å². The second-order valence-electron chi connectivity index (χ2n) is 33.7. The van der Waals surface area contributed by atoms with Crippen LogP contribution in [0.2, 0.25) is 0 Å². The van der Waals surface area contributed by atoms with E-state index in [1.54, 1.807) is 41.9 Å². The van der Waals surface area contributed by atoms with Gasteiger partial charge in [0.1, 0.15) is 18.1 Å². The van der Waals surface area contributed by atoms with E-state index in [4.69, 9.17) is 0 Å². The Morgan fingerprint density at radius 1 is 0.336 bits per heavy atom. The monoisotopic (exact) mass is 1690 g/mol. The van der Waals surface area contributed by atoms with Crippen molar-refractivity contribution in [1.29, 1.82) is 0 Å². The molecule has 0 saturated carbocycles. The van der Waals surface area contributed by atoms with Gasteiger partial charge in [0.05, 0.1) is 24.5 Å². The van der Waals surface area contributed by atoms with E-state index in [0.29, 0.717) is 109 Å². The Hall–Kier alpha value is -11.7. The average molecular weight is 1690 g/mol. The molecule has 0 unspecified atom stereocenters. The van der Waals surface area contributed by atoms with E-state index in [2.05, 4.69) is 68.3 Å². The summed E-state index contributed by atoms with van der Waals surface area (Å²) in [5.74, 6) is -0.748. The molecule has 0 bridgehead atoms. The number of likely N-dealkylation sites (tertiary alicyclic amines) is 3. The maximum atomic E-state index is 14.2. The molecule has 0 spiro atoms. The van der Waals surface area contributed by atoms with Gasteiger partial charge in [0, 0.05) is 88.5 Å². The highest BCUT2D eigenvalue weighted by molar-refractivity contribution is 6.07. The molecule has 6 N–H and O–H groups in total. The minimum absolute atomic E-state index is 0.0289. The van der Waals surface area contributed by atoms with E-state index in [-0.39, 0.29) is 77.2 Å². The van der Waals surface area contributed by atoms with Crippen molar-refractivity contribution < 1.29 is 43.2 Å². The molecule has 12 rings (SSSR count). The summed E-state index contributed by atoms with van der Waals surface area (Å²) in [6, 6.07) is 80.9. The summed E-state index contributed by atoms with van der Waals surface area (Å²) in [5.41, 5.74) is 8.57. The van der Waals surface area contributed by atoms with Crippen LogP contribution in [0.25, 0.3) is 10.8 Å². The molecule has 9 amide bonds. The van der Waals surface area contributed by atoms with Crippen LogP contribution in [0.4, 0.5) is 0 Å². The van der Waals surface area contributed by atoms with Gasteiger partial charge in [0.2, 0.25) is 47.3 Å². The molecule has 9 aromatic carbocycles. The molecule has 21 heteroatoms. The average Bonchev–Trinajstić information content (AvgIpc) is 1.67. The fourth-order valence-electron chi connectivity index (χ4n) is 16.7. The smallest absolute Gasteiger partial charge is 0.254 e. The topological polar surface area (TPSA) is 245 Å². The minimum Gasteiger partial charge on any atom is -0.343 e. The molecule has 3 aliphatic rings. The van der Waals surface area contributed by atoms with E-state index >= 15 is 0 Å². The fourth-order valence-corrected chi connectivity index (χ4v) is 16.7. The van der Waals surface area contributed by atoms with Crippen molar-refractivity contribution in [3.63, 3.8) is 0 Å². The summed E-state index contributed by atoms with van der Waals surface area (Å²) in [7, 11) is 5.20. The summed E-state index contributed by atoms with van der Waals surface area (Å²) in [5, 5.41) is 19.9. The van der Waals surface area contributed by atoms with E-state index in [1.165, 1.54) is 11.1 Å². The first-order valence-corrected chi connectivity index (χ1v) is 45.1. The molecule has 3 aliphatic heterocycles. The zero-order chi connectivity index (χ0) is 88.8. The van der Waals surface area contributed by atoms with Gasteiger partial charge in [-0.1, -0.05) is 263 Å². The van der Waals surface area contributed by atoms with E-state index in [1.807, 2.05) is 262 Å². The summed E-state index contributed by atoms with van der Waals surface area (Å²) in [6.07, 6.45) is 11.3. The maximum Gasteiger partial charge on any atom is 0.254 e. The van der Waals surface area contributed by atoms with Crippen LogP contribution in [0.15, 0.2) is 255 Å². The van der Waals surface area contributed by atoms with Gasteiger partial charge < -0.3 is 61.3 Å². The minimum atomic E-state index is -0.652. The van der Waals surface area contributed by atoms with Crippen LogP contribution in [0.3, 0.4) is 0 Å². The van der Waals surface area contributed by atoms with Crippen molar-refractivity contribution in [2.24, 2.45) is 5.92 Å². The fraction of sp³-hybridized carbons (Fsp3) is 0.413. The van der Waals surface area contributed by atoms with Gasteiger partial charge >= 0.3 is 0 Å².